The minimum Gasteiger partial charge on any atom is -0.309 e. The summed E-state index contributed by atoms with van der Waals surface area (Å²) in [5.74, 6) is 0. The average molecular weight is 653 g/mol. The lowest BCUT2D eigenvalue weighted by Gasteiger charge is -2.35. The zero-order chi connectivity index (χ0) is 34.1. The molecule has 8 rings (SSSR count). The first kappa shape index (κ1) is 30.4. The number of nitrogens with zero attached hydrogens (tertiary/aromatic N) is 4. The number of fused-ring (bicyclic) bond motifs is 3. The highest BCUT2D eigenvalue weighted by Crippen LogP contribution is 2.36. The summed E-state index contributed by atoms with van der Waals surface area (Å²) in [6, 6.07) is 63.0. The van der Waals surface area contributed by atoms with Crippen LogP contribution in [0.25, 0.3) is 43.5 Å². The van der Waals surface area contributed by atoms with Gasteiger partial charge in [-0.2, -0.15) is 10.5 Å². The monoisotopic (exact) mass is 652 g/mol. The standard InChI is InChI=1S/C45H28N4Si/c1-48-36-22-26-44-42(29-36)41-27-32(30-46)19-25-43(41)49(44)37-13-10-12-34(28-37)33-20-23-40(24-21-33)50(38-14-4-2-5-15-38,39-16-6-3-7-17-39)45-18-9-8-11-35(45)31-47/h2-29H. The first-order valence-corrected chi connectivity index (χ1v) is 18.3. The van der Waals surface area contributed by atoms with Crippen LogP contribution in [0.15, 0.2) is 170 Å². The van der Waals surface area contributed by atoms with Gasteiger partial charge in [-0.3, -0.25) is 0 Å². The molecule has 4 nitrogen and oxygen atoms in total. The van der Waals surface area contributed by atoms with Gasteiger partial charge in [-0.1, -0.05) is 121 Å². The van der Waals surface area contributed by atoms with Gasteiger partial charge in [-0.15, -0.1) is 0 Å². The molecule has 0 N–H and O–H groups in total. The molecule has 0 spiro atoms. The zero-order valence-electron chi connectivity index (χ0n) is 27.0. The van der Waals surface area contributed by atoms with Gasteiger partial charge in [0.05, 0.1) is 40.9 Å². The molecule has 0 saturated carbocycles. The number of benzene rings is 7. The molecule has 50 heavy (non-hydrogen) atoms. The number of nitriles is 2. The van der Waals surface area contributed by atoms with Gasteiger partial charge in [0.25, 0.3) is 0 Å². The normalized spacial score (nSPS) is 11.1. The molecule has 0 radical (unpaired) electrons. The van der Waals surface area contributed by atoms with Crippen molar-refractivity contribution in [2.45, 2.75) is 0 Å². The summed E-state index contributed by atoms with van der Waals surface area (Å²) in [6.45, 7) is 7.57. The summed E-state index contributed by atoms with van der Waals surface area (Å²) in [7, 11) is -2.89. The molecule has 0 fully saturated rings. The Labute approximate surface area is 291 Å². The van der Waals surface area contributed by atoms with Gasteiger partial charge in [0.15, 0.2) is 13.8 Å². The topological polar surface area (TPSA) is 56.9 Å². The predicted molar refractivity (Wildman–Crippen MR) is 206 cm³/mol. The van der Waals surface area contributed by atoms with E-state index < -0.39 is 8.07 Å². The zero-order valence-corrected chi connectivity index (χ0v) is 28.0. The van der Waals surface area contributed by atoms with E-state index in [1.165, 1.54) is 15.6 Å². The minimum absolute atomic E-state index is 0.566. The summed E-state index contributed by atoms with van der Waals surface area (Å²) < 4.78 is 2.21. The Bertz CT molecular complexity index is 2560. The summed E-state index contributed by atoms with van der Waals surface area (Å²) in [6.07, 6.45) is 0. The van der Waals surface area contributed by atoms with Crippen molar-refractivity contribution in [2.75, 3.05) is 0 Å². The molecule has 0 aliphatic heterocycles. The van der Waals surface area contributed by atoms with Crippen LogP contribution in [0.2, 0.25) is 0 Å². The molecule has 8 aromatic rings. The molecule has 0 unspecified atom stereocenters. The molecule has 7 aromatic carbocycles. The van der Waals surface area contributed by atoms with Crippen LogP contribution in [-0.4, -0.2) is 12.6 Å². The Kier molecular flexibility index (Phi) is 7.63. The molecule has 1 aromatic heterocycles. The van der Waals surface area contributed by atoms with E-state index in [4.69, 9.17) is 6.57 Å². The maximum atomic E-state index is 10.3. The van der Waals surface area contributed by atoms with E-state index in [9.17, 15) is 10.5 Å². The second-order valence-corrected chi connectivity index (χ2v) is 16.0. The van der Waals surface area contributed by atoms with Gasteiger partial charge in [0, 0.05) is 11.1 Å². The fraction of sp³-hybridized carbons (Fsp3) is 0. The highest BCUT2D eigenvalue weighted by atomic mass is 28.3. The first-order valence-electron chi connectivity index (χ1n) is 16.3. The molecule has 0 atom stereocenters. The fourth-order valence-corrected chi connectivity index (χ4v) is 12.3. The molecule has 0 aliphatic carbocycles. The van der Waals surface area contributed by atoms with Crippen LogP contribution < -0.4 is 20.7 Å². The Morgan fingerprint density at radius 2 is 1.14 bits per heavy atom. The Morgan fingerprint density at radius 1 is 0.520 bits per heavy atom. The number of hydrogen-bond acceptors (Lipinski definition) is 2. The lowest BCUT2D eigenvalue weighted by molar-refractivity contribution is 1.18. The molecule has 0 aliphatic rings. The first-order chi connectivity index (χ1) is 24.6. The van der Waals surface area contributed by atoms with Gasteiger partial charge in [-0.25, -0.2) is 4.85 Å². The third-order valence-electron chi connectivity index (χ3n) is 9.63. The van der Waals surface area contributed by atoms with E-state index in [2.05, 4.69) is 125 Å². The molecule has 5 heteroatoms. The molecule has 0 amide bonds. The maximum Gasteiger partial charge on any atom is 0.188 e. The van der Waals surface area contributed by atoms with Crippen LogP contribution >= 0.6 is 0 Å². The molecule has 232 valence electrons. The van der Waals surface area contributed by atoms with E-state index >= 15 is 0 Å². The third-order valence-corrected chi connectivity index (χ3v) is 14.5. The Balaban J connectivity index is 1.30. The van der Waals surface area contributed by atoms with Crippen molar-refractivity contribution >= 4 is 56.3 Å². The van der Waals surface area contributed by atoms with Crippen LogP contribution in [0.3, 0.4) is 0 Å². The van der Waals surface area contributed by atoms with Gasteiger partial charge < -0.3 is 4.57 Å². The van der Waals surface area contributed by atoms with Crippen molar-refractivity contribution in [3.63, 3.8) is 0 Å². The molecule has 0 bridgehead atoms. The Morgan fingerprint density at radius 3 is 1.80 bits per heavy atom. The highest BCUT2D eigenvalue weighted by molar-refractivity contribution is 7.20. The lowest BCUT2D eigenvalue weighted by atomic mass is 10.1. The highest BCUT2D eigenvalue weighted by Gasteiger charge is 2.42. The molecular weight excluding hydrogens is 625 g/mol. The van der Waals surface area contributed by atoms with Crippen molar-refractivity contribution in [3.8, 4) is 29.0 Å². The van der Waals surface area contributed by atoms with E-state index in [0.717, 1.165) is 43.8 Å². The number of rotatable bonds is 6. The fourth-order valence-electron chi connectivity index (χ4n) is 7.42. The largest absolute Gasteiger partial charge is 0.309 e. The summed E-state index contributed by atoms with van der Waals surface area (Å²) in [5, 5.41) is 26.6. The van der Waals surface area contributed by atoms with Crippen LogP contribution in [0.1, 0.15) is 11.1 Å². The Hall–Kier alpha value is -6.97. The molecular formula is C45H28N4Si. The van der Waals surface area contributed by atoms with Crippen molar-refractivity contribution in [2.24, 2.45) is 0 Å². The van der Waals surface area contributed by atoms with Crippen LogP contribution in [0.5, 0.6) is 0 Å². The van der Waals surface area contributed by atoms with E-state index in [1.807, 2.05) is 66.7 Å². The van der Waals surface area contributed by atoms with Crippen LogP contribution in [-0.2, 0) is 0 Å². The number of aromatic nitrogens is 1. The van der Waals surface area contributed by atoms with E-state index in [1.54, 1.807) is 0 Å². The molecule has 1 heterocycles. The van der Waals surface area contributed by atoms with Crippen molar-refractivity contribution in [3.05, 3.63) is 192 Å². The third kappa shape index (κ3) is 4.88. The minimum atomic E-state index is -2.89. The SMILES string of the molecule is [C-]#[N+]c1ccc2c(c1)c1cc(C#N)ccc1n2-c1cccc(-c2ccc([Si](c3ccccc3)(c3ccccc3)c3ccccc3C#N)cc2)c1. The molecule has 0 saturated heterocycles. The van der Waals surface area contributed by atoms with Gasteiger partial charge in [0.1, 0.15) is 0 Å². The van der Waals surface area contributed by atoms with E-state index in [-0.39, 0.29) is 0 Å². The van der Waals surface area contributed by atoms with Crippen molar-refractivity contribution < 1.29 is 0 Å². The summed E-state index contributed by atoms with van der Waals surface area (Å²) in [5.41, 5.74) is 6.94. The van der Waals surface area contributed by atoms with Gasteiger partial charge >= 0.3 is 0 Å². The van der Waals surface area contributed by atoms with Gasteiger partial charge in [0.2, 0.25) is 0 Å². The lowest BCUT2D eigenvalue weighted by Crippen LogP contribution is -2.75. The van der Waals surface area contributed by atoms with E-state index in [0.29, 0.717) is 16.8 Å². The second kappa shape index (κ2) is 12.6. The second-order valence-electron chi connectivity index (χ2n) is 12.3. The summed E-state index contributed by atoms with van der Waals surface area (Å²) in [4.78, 5) is 3.66. The average Bonchev–Trinajstić information content (AvgIpc) is 3.52. The van der Waals surface area contributed by atoms with Crippen LogP contribution in [0, 0.1) is 29.2 Å². The quantitative estimate of drug-likeness (QED) is 0.104. The predicted octanol–water partition coefficient (Wildman–Crippen LogP) is 8.12. The van der Waals surface area contributed by atoms with Crippen LogP contribution in [0.4, 0.5) is 5.69 Å². The van der Waals surface area contributed by atoms with Crippen molar-refractivity contribution in [1.29, 1.82) is 10.5 Å². The van der Waals surface area contributed by atoms with Gasteiger partial charge in [-0.05, 0) is 85.8 Å². The maximum absolute atomic E-state index is 10.3. The van der Waals surface area contributed by atoms with Crippen molar-refractivity contribution in [1.82, 2.24) is 4.57 Å². The smallest absolute Gasteiger partial charge is 0.188 e. The summed E-state index contributed by atoms with van der Waals surface area (Å²) >= 11 is 0. The number of hydrogen-bond donors (Lipinski definition) is 0.